The van der Waals surface area contributed by atoms with E-state index in [2.05, 4.69) is 26.3 Å². The Kier molecular flexibility index (Phi) is 5.89. The first-order chi connectivity index (χ1) is 15.3. The van der Waals surface area contributed by atoms with E-state index in [1.807, 2.05) is 0 Å². The molecule has 2 aromatic carbocycles. The Labute approximate surface area is 194 Å². The van der Waals surface area contributed by atoms with E-state index in [4.69, 9.17) is 16.3 Å². The molecule has 11 heteroatoms. The molecule has 2 amide bonds. The van der Waals surface area contributed by atoms with Gasteiger partial charge in [0.1, 0.15) is 11.8 Å². The number of carbonyl (C=O) groups excluding carboxylic acids is 2. The van der Waals surface area contributed by atoms with Crippen LogP contribution in [0.1, 0.15) is 5.56 Å². The monoisotopic (exact) mass is 514 g/mol. The van der Waals surface area contributed by atoms with Crippen LogP contribution >= 0.6 is 27.5 Å². The third-order valence-electron chi connectivity index (χ3n) is 4.38. The van der Waals surface area contributed by atoms with E-state index in [1.165, 1.54) is 24.3 Å². The smallest absolute Gasteiger partial charge is 0.287 e. The van der Waals surface area contributed by atoms with Crippen LogP contribution in [0.3, 0.4) is 0 Å². The van der Waals surface area contributed by atoms with Crippen LogP contribution in [0.2, 0.25) is 5.02 Å². The summed E-state index contributed by atoms with van der Waals surface area (Å²) in [5.41, 5.74) is 3.05. The largest absolute Gasteiger partial charge is 0.437 e. The number of amides is 2. The van der Waals surface area contributed by atoms with Crippen LogP contribution in [-0.2, 0) is 9.59 Å². The number of hydrogen-bond donors (Lipinski definition) is 1. The molecule has 0 bridgehead atoms. The molecule has 32 heavy (non-hydrogen) atoms. The number of halogens is 2. The minimum absolute atomic E-state index is 0.0754. The first kappa shape index (κ1) is 21.5. The van der Waals surface area contributed by atoms with Gasteiger partial charge in [-0.25, -0.2) is 9.99 Å². The summed E-state index contributed by atoms with van der Waals surface area (Å²) in [6.45, 7) is 0. The van der Waals surface area contributed by atoms with E-state index >= 15 is 0 Å². The molecule has 1 fully saturated rings. The van der Waals surface area contributed by atoms with Crippen LogP contribution in [0.15, 0.2) is 70.8 Å². The van der Waals surface area contributed by atoms with E-state index in [9.17, 15) is 19.7 Å². The summed E-state index contributed by atoms with van der Waals surface area (Å²) >= 11 is 9.51. The number of ether oxygens (including phenoxy) is 1. The van der Waals surface area contributed by atoms with Gasteiger partial charge in [-0.15, -0.1) is 0 Å². The average Bonchev–Trinajstić information content (AvgIpc) is 3.05. The van der Waals surface area contributed by atoms with Crippen molar-refractivity contribution in [2.24, 2.45) is 0 Å². The number of benzene rings is 2. The van der Waals surface area contributed by atoms with Crippen LogP contribution in [0, 0.1) is 10.1 Å². The van der Waals surface area contributed by atoms with E-state index < -0.39 is 16.7 Å². The second-order valence-electron chi connectivity index (χ2n) is 6.49. The highest BCUT2D eigenvalue weighted by atomic mass is 79.9. The summed E-state index contributed by atoms with van der Waals surface area (Å²) in [7, 11) is 0. The Hall–Kier alpha value is -3.76. The van der Waals surface area contributed by atoms with Gasteiger partial charge in [-0.3, -0.25) is 25.1 Å². The van der Waals surface area contributed by atoms with Gasteiger partial charge >= 0.3 is 0 Å². The number of nitrogens with one attached hydrogen (secondary N) is 1. The fraction of sp³-hybridized carbons (Fsp3) is 0. The molecule has 1 aliphatic heterocycles. The van der Waals surface area contributed by atoms with E-state index in [0.29, 0.717) is 20.7 Å². The van der Waals surface area contributed by atoms with Gasteiger partial charge in [0, 0.05) is 22.7 Å². The number of para-hydroxylation sites is 1. The van der Waals surface area contributed by atoms with Gasteiger partial charge in [0.25, 0.3) is 17.5 Å². The molecule has 0 radical (unpaired) electrons. The van der Waals surface area contributed by atoms with Crippen LogP contribution in [-0.4, -0.2) is 21.7 Å². The third kappa shape index (κ3) is 4.32. The molecule has 160 valence electrons. The molecule has 2 heterocycles. The lowest BCUT2D eigenvalue weighted by atomic mass is 10.1. The summed E-state index contributed by atoms with van der Waals surface area (Å²) in [4.78, 5) is 39.6. The van der Waals surface area contributed by atoms with Gasteiger partial charge in [0.2, 0.25) is 5.88 Å². The summed E-state index contributed by atoms with van der Waals surface area (Å²) < 4.78 is 6.21. The summed E-state index contributed by atoms with van der Waals surface area (Å²) in [6, 6.07) is 14.3. The summed E-state index contributed by atoms with van der Waals surface area (Å²) in [5.74, 6) is -0.834. The number of pyridine rings is 1. The first-order valence-electron chi connectivity index (χ1n) is 9.03. The highest BCUT2D eigenvalue weighted by molar-refractivity contribution is 9.10. The molecule has 9 nitrogen and oxygen atoms in total. The minimum Gasteiger partial charge on any atom is -0.437 e. The predicted molar refractivity (Wildman–Crippen MR) is 120 cm³/mol. The molecule has 0 atom stereocenters. The second-order valence-corrected chi connectivity index (χ2v) is 7.79. The Balaban J connectivity index is 1.70. The summed E-state index contributed by atoms with van der Waals surface area (Å²) in [6.07, 6.45) is 2.42. The van der Waals surface area contributed by atoms with Gasteiger partial charge in [-0.2, -0.15) is 0 Å². The van der Waals surface area contributed by atoms with Gasteiger partial charge in [0.15, 0.2) is 5.75 Å². The van der Waals surface area contributed by atoms with Gasteiger partial charge < -0.3 is 4.74 Å². The molecule has 1 saturated heterocycles. The van der Waals surface area contributed by atoms with Crippen molar-refractivity contribution < 1.29 is 19.2 Å². The molecule has 0 spiro atoms. The fourth-order valence-electron chi connectivity index (χ4n) is 2.91. The zero-order valence-corrected chi connectivity index (χ0v) is 18.3. The quantitative estimate of drug-likeness (QED) is 0.229. The zero-order chi connectivity index (χ0) is 22.8. The molecule has 0 saturated carbocycles. The van der Waals surface area contributed by atoms with Crippen molar-refractivity contribution in [3.8, 4) is 11.6 Å². The Morgan fingerprint density at radius 2 is 1.91 bits per heavy atom. The Bertz CT molecular complexity index is 1270. The van der Waals surface area contributed by atoms with Crippen LogP contribution in [0.4, 0.5) is 11.4 Å². The average molecular weight is 516 g/mol. The number of rotatable bonds is 5. The Morgan fingerprint density at radius 1 is 1.16 bits per heavy atom. The number of aromatic nitrogens is 1. The van der Waals surface area contributed by atoms with Crippen molar-refractivity contribution in [1.82, 2.24) is 10.4 Å². The predicted octanol–water partition coefficient (Wildman–Crippen LogP) is 4.66. The molecule has 1 aromatic heterocycles. The maximum atomic E-state index is 12.9. The van der Waals surface area contributed by atoms with Crippen molar-refractivity contribution in [2.45, 2.75) is 0 Å². The van der Waals surface area contributed by atoms with Gasteiger partial charge in [0.05, 0.1) is 15.1 Å². The summed E-state index contributed by atoms with van der Waals surface area (Å²) in [5, 5.41) is 12.3. The number of hydrogen-bond acceptors (Lipinski definition) is 6. The van der Waals surface area contributed by atoms with Crippen LogP contribution in [0.25, 0.3) is 6.08 Å². The molecule has 1 aliphatic rings. The van der Waals surface area contributed by atoms with E-state index in [-0.39, 0.29) is 22.9 Å². The zero-order valence-electron chi connectivity index (χ0n) is 16.0. The second kappa shape index (κ2) is 8.77. The Morgan fingerprint density at radius 3 is 2.56 bits per heavy atom. The molecule has 4 rings (SSSR count). The minimum atomic E-state index is -0.589. The number of carbonyl (C=O) groups is 2. The first-order valence-corrected chi connectivity index (χ1v) is 10.2. The molecule has 0 aliphatic carbocycles. The van der Waals surface area contributed by atoms with Gasteiger partial charge in [-0.05, 0) is 46.3 Å². The number of nitrogens with zero attached hydrogens (tertiary/aromatic N) is 3. The van der Waals surface area contributed by atoms with Gasteiger partial charge in [-0.1, -0.05) is 29.8 Å². The van der Waals surface area contributed by atoms with E-state index in [0.717, 1.165) is 11.2 Å². The lowest BCUT2D eigenvalue weighted by Gasteiger charge is -2.14. The van der Waals surface area contributed by atoms with Crippen molar-refractivity contribution in [1.29, 1.82) is 0 Å². The van der Waals surface area contributed by atoms with Crippen molar-refractivity contribution in [3.63, 3.8) is 0 Å². The number of nitro groups is 1. The fourth-order valence-corrected chi connectivity index (χ4v) is 3.83. The highest BCUT2D eigenvalue weighted by Gasteiger charge is 2.34. The molecular formula is C21H12BrClN4O5. The normalized spacial score (nSPS) is 14.6. The third-order valence-corrected chi connectivity index (χ3v) is 5.19. The topological polar surface area (TPSA) is 115 Å². The SMILES string of the molecule is O=C1NN(c2ccccc2)C(=O)/C1=C\c1cc(Cl)cc(Br)c1Oc1ccc([N+](=O)[O-])cn1. The standard InChI is InChI=1S/C21H12BrClN4O5/c22-17-10-13(23)8-12(19(17)32-18-7-6-15(11-24-18)27(30)31)9-16-20(28)25-26(21(16)29)14-4-2-1-3-5-14/h1-11H,(H,25,28)/b16-9-. The van der Waals surface area contributed by atoms with Crippen molar-refractivity contribution in [2.75, 3.05) is 5.01 Å². The number of hydrazine groups is 1. The van der Waals surface area contributed by atoms with Crippen molar-refractivity contribution >= 4 is 56.8 Å². The highest BCUT2D eigenvalue weighted by Crippen LogP contribution is 2.37. The van der Waals surface area contributed by atoms with E-state index in [1.54, 1.807) is 36.4 Å². The van der Waals surface area contributed by atoms with Crippen molar-refractivity contribution in [3.05, 3.63) is 91.5 Å². The maximum absolute atomic E-state index is 12.9. The van der Waals surface area contributed by atoms with Crippen LogP contribution < -0.4 is 15.2 Å². The molecule has 3 aromatic rings. The lowest BCUT2D eigenvalue weighted by Crippen LogP contribution is -2.35. The lowest BCUT2D eigenvalue weighted by molar-refractivity contribution is -0.385. The molecular weight excluding hydrogens is 504 g/mol. The number of anilines is 1. The maximum Gasteiger partial charge on any atom is 0.287 e. The van der Waals surface area contributed by atoms with Crippen LogP contribution in [0.5, 0.6) is 11.6 Å². The molecule has 0 unspecified atom stereocenters. The molecule has 1 N–H and O–H groups in total.